The van der Waals surface area contributed by atoms with E-state index in [1.165, 1.54) is 17.2 Å². The number of rotatable bonds is 6. The summed E-state index contributed by atoms with van der Waals surface area (Å²) in [5, 5.41) is 33.1. The van der Waals surface area contributed by atoms with Crippen LogP contribution in [0, 0.1) is 34.0 Å². The molecule has 3 aliphatic heterocycles. The molecule has 0 radical (unpaired) electrons. The van der Waals surface area contributed by atoms with Crippen LogP contribution in [-0.2, 0) is 27.9 Å². The first kappa shape index (κ1) is 31.1. The molecule has 0 aromatic carbocycles. The lowest BCUT2D eigenvalue weighted by molar-refractivity contribution is -0.260. The fraction of sp³-hybridized carbons (Fsp3) is 0.800. The van der Waals surface area contributed by atoms with Crippen molar-refractivity contribution in [3.05, 3.63) is 12.7 Å². The van der Waals surface area contributed by atoms with Gasteiger partial charge in [0.1, 0.15) is 30.2 Å². The molecule has 6 N–H and O–H groups in total. The molecule has 14 atom stereocenters. The van der Waals surface area contributed by atoms with E-state index in [1.807, 2.05) is 0 Å². The number of ether oxygens (including phenoxy) is 2. The summed E-state index contributed by atoms with van der Waals surface area (Å²) < 4.78 is 37.4. The van der Waals surface area contributed by atoms with Crippen LogP contribution in [0.4, 0.5) is 5.82 Å². The van der Waals surface area contributed by atoms with Crippen LogP contribution in [0.1, 0.15) is 71.9 Å². The summed E-state index contributed by atoms with van der Waals surface area (Å²) in [6.45, 7) is 5.49. The van der Waals surface area contributed by atoms with E-state index in [0.717, 1.165) is 32.1 Å². The summed E-state index contributed by atoms with van der Waals surface area (Å²) >= 11 is 0. The van der Waals surface area contributed by atoms with Gasteiger partial charge in [-0.2, -0.15) is 0 Å². The van der Waals surface area contributed by atoms with Crippen LogP contribution in [0.5, 0.6) is 0 Å². The highest BCUT2D eigenvalue weighted by Crippen LogP contribution is 2.77. The van der Waals surface area contributed by atoms with Crippen LogP contribution in [-0.4, -0.2) is 88.4 Å². The maximum Gasteiger partial charge on any atom is 0.529 e. The van der Waals surface area contributed by atoms with E-state index in [1.54, 1.807) is 6.92 Å². The van der Waals surface area contributed by atoms with Gasteiger partial charge in [-0.05, 0) is 75.5 Å². The summed E-state index contributed by atoms with van der Waals surface area (Å²) in [5.74, 6) is -0.505. The van der Waals surface area contributed by atoms with E-state index < -0.39 is 56.5 Å². The van der Waals surface area contributed by atoms with Crippen molar-refractivity contribution in [2.75, 3.05) is 12.3 Å². The fourth-order valence-electron chi connectivity index (χ4n) is 11.1. The van der Waals surface area contributed by atoms with Gasteiger partial charge in [-0.15, -0.1) is 0 Å². The van der Waals surface area contributed by atoms with E-state index in [2.05, 4.69) is 28.8 Å². The molecule has 4 bridgehead atoms. The van der Waals surface area contributed by atoms with Crippen molar-refractivity contribution < 1.29 is 48.1 Å². The number of hydrogen-bond donors (Lipinski definition) is 5. The third-order valence-corrected chi connectivity index (χ3v) is 13.8. The SMILES string of the molecule is C[C@@]12CCC[C@@](C)(C(=O)OP(=O)(O)OC[C@H]3O[C@@H](n4cnc5c(N)ncnc54)[C@H](O)[C@@H]3O)[C@H]1C[C@@H](O)[C@]13C[C@H]4C[C@H](O[C@@]4(C)C1)[C@@H]23. The number of anilines is 1. The minimum absolute atomic E-state index is 0.0210. The number of nitrogen functional groups attached to an aromatic ring is 1. The van der Waals surface area contributed by atoms with Crippen LogP contribution in [0.15, 0.2) is 12.7 Å². The normalized spacial score (nSPS) is 48.7. The number of aliphatic hydroxyl groups excluding tert-OH is 3. The van der Waals surface area contributed by atoms with Gasteiger partial charge < -0.3 is 35.1 Å². The molecule has 252 valence electrons. The van der Waals surface area contributed by atoms with E-state index >= 15 is 0 Å². The number of fused-ring (bicyclic) bond motifs is 2. The van der Waals surface area contributed by atoms with Gasteiger partial charge in [-0.25, -0.2) is 19.5 Å². The number of aliphatic hydroxyl groups is 3. The second kappa shape index (κ2) is 9.91. The second-order valence-corrected chi connectivity index (χ2v) is 16.7. The molecule has 16 heteroatoms. The highest BCUT2D eigenvalue weighted by atomic mass is 31.2. The Morgan fingerprint density at radius 2 is 1.93 bits per heavy atom. The van der Waals surface area contributed by atoms with Crippen molar-refractivity contribution in [1.29, 1.82) is 0 Å². The Morgan fingerprint density at radius 1 is 1.15 bits per heavy atom. The quantitative estimate of drug-likeness (QED) is 0.279. The largest absolute Gasteiger partial charge is 0.529 e. The van der Waals surface area contributed by atoms with Crippen molar-refractivity contribution >= 4 is 30.8 Å². The highest BCUT2D eigenvalue weighted by Gasteiger charge is 2.77. The Kier molecular flexibility index (Phi) is 6.69. The number of nitrogens with two attached hydrogens (primary N) is 1. The fourth-order valence-corrected chi connectivity index (χ4v) is 11.9. The van der Waals surface area contributed by atoms with Crippen molar-refractivity contribution in [1.82, 2.24) is 19.5 Å². The van der Waals surface area contributed by atoms with E-state index in [0.29, 0.717) is 18.8 Å². The molecular weight excluding hydrogens is 621 g/mol. The molecular formula is C30H42N5O10P. The molecule has 9 rings (SSSR count). The van der Waals surface area contributed by atoms with Gasteiger partial charge in [-0.1, -0.05) is 13.3 Å². The van der Waals surface area contributed by atoms with Crippen LogP contribution < -0.4 is 5.73 Å². The summed E-state index contributed by atoms with van der Waals surface area (Å²) in [6.07, 6.45) is 1.75. The van der Waals surface area contributed by atoms with Gasteiger partial charge >= 0.3 is 13.8 Å². The third-order valence-electron chi connectivity index (χ3n) is 13.0. The summed E-state index contributed by atoms with van der Waals surface area (Å²) in [5.41, 5.74) is 4.47. The van der Waals surface area contributed by atoms with E-state index in [4.69, 9.17) is 24.3 Å². The lowest BCUT2D eigenvalue weighted by atomic mass is 9.39. The number of carbonyl (C=O) groups excluding carboxylic acids is 1. The summed E-state index contributed by atoms with van der Waals surface area (Å²) in [6, 6.07) is 0. The van der Waals surface area contributed by atoms with Gasteiger partial charge in [0.05, 0.1) is 36.2 Å². The smallest absolute Gasteiger partial charge is 0.393 e. The molecule has 4 aliphatic carbocycles. The molecule has 7 aliphatic rings. The Bertz CT molecular complexity index is 1640. The van der Waals surface area contributed by atoms with Crippen molar-refractivity contribution in [2.45, 2.75) is 108 Å². The number of phosphoric ester groups is 1. The summed E-state index contributed by atoms with van der Waals surface area (Å²) in [4.78, 5) is 36.7. The predicted molar refractivity (Wildman–Crippen MR) is 158 cm³/mol. The molecule has 3 saturated heterocycles. The maximum absolute atomic E-state index is 13.9. The average Bonchev–Trinajstić information content (AvgIpc) is 3.66. The molecule has 5 heterocycles. The number of phosphoric acid groups is 1. The molecule has 7 fully saturated rings. The molecule has 1 spiro atoms. The average molecular weight is 664 g/mol. The highest BCUT2D eigenvalue weighted by molar-refractivity contribution is 7.48. The number of carbonyl (C=O) groups is 1. The van der Waals surface area contributed by atoms with Gasteiger partial charge in [0.2, 0.25) is 0 Å². The molecule has 1 unspecified atom stereocenters. The van der Waals surface area contributed by atoms with Crippen LogP contribution in [0.3, 0.4) is 0 Å². The minimum atomic E-state index is -4.99. The monoisotopic (exact) mass is 663 g/mol. The zero-order chi connectivity index (χ0) is 32.6. The van der Waals surface area contributed by atoms with Crippen molar-refractivity contribution in [2.24, 2.45) is 34.0 Å². The molecule has 0 amide bonds. The number of nitrogens with zero attached hydrogens (tertiary/aromatic N) is 4. The third kappa shape index (κ3) is 4.12. The minimum Gasteiger partial charge on any atom is -0.393 e. The first-order chi connectivity index (χ1) is 21.6. The van der Waals surface area contributed by atoms with Gasteiger partial charge in [0, 0.05) is 5.41 Å². The Morgan fingerprint density at radius 3 is 2.70 bits per heavy atom. The zero-order valence-corrected chi connectivity index (χ0v) is 27.0. The first-order valence-electron chi connectivity index (χ1n) is 16.1. The lowest BCUT2D eigenvalue weighted by Crippen LogP contribution is -2.67. The van der Waals surface area contributed by atoms with E-state index in [9.17, 15) is 29.6 Å². The first-order valence-corrected chi connectivity index (χ1v) is 17.6. The predicted octanol–water partition coefficient (Wildman–Crippen LogP) is 1.84. The van der Waals surface area contributed by atoms with Crippen molar-refractivity contribution in [3.8, 4) is 0 Å². The number of hydrogen-bond acceptors (Lipinski definition) is 13. The number of imidazole rings is 1. The second-order valence-electron chi connectivity index (χ2n) is 15.3. The van der Waals surface area contributed by atoms with Crippen LogP contribution in [0.25, 0.3) is 11.2 Å². The summed E-state index contributed by atoms with van der Waals surface area (Å²) in [7, 11) is -4.99. The molecule has 46 heavy (non-hydrogen) atoms. The Labute approximate surface area is 265 Å². The lowest BCUT2D eigenvalue weighted by Gasteiger charge is -2.67. The van der Waals surface area contributed by atoms with Crippen LogP contribution in [0.2, 0.25) is 0 Å². The maximum atomic E-state index is 13.9. The van der Waals surface area contributed by atoms with Gasteiger partial charge in [0.25, 0.3) is 0 Å². The van der Waals surface area contributed by atoms with Crippen LogP contribution >= 0.6 is 7.82 Å². The standard InChI is InChI=1S/C30H42N5O10P/c1-27-5-4-6-28(2,17(27)8-18(36)30-9-14-7-15(22(27)30)44-29(14,3)11-30)26(39)45-46(40,41)42-10-16-20(37)21(38)25(43-16)35-13-34-19-23(31)32-12-33-24(19)35/h12-18,20-22,25,36-38H,4-11H2,1-3H3,(H,40,41)(H2,31,32,33)/t14-,15+,16-,17+,18-,20-,21-,22+,25-,27-,28-,29+,30+/m1/s1. The van der Waals surface area contributed by atoms with Gasteiger partial charge in [0.15, 0.2) is 17.7 Å². The Hall–Kier alpha value is -2.23. The molecule has 4 saturated carbocycles. The van der Waals surface area contributed by atoms with Crippen molar-refractivity contribution in [3.63, 3.8) is 0 Å². The zero-order valence-electron chi connectivity index (χ0n) is 26.1. The molecule has 15 nitrogen and oxygen atoms in total. The molecule has 2 aromatic heterocycles. The Balaban J connectivity index is 0.968. The van der Waals surface area contributed by atoms with Gasteiger partial charge in [-0.3, -0.25) is 18.8 Å². The molecule has 2 aromatic rings. The number of aromatic nitrogens is 4. The topological polar surface area (TPSA) is 222 Å². The van der Waals surface area contributed by atoms with E-state index in [-0.39, 0.29) is 51.4 Å².